The summed E-state index contributed by atoms with van der Waals surface area (Å²) in [5, 5.41) is 14.8. The standard InChI is InChI=1S/C18H24F3N3O2/c19-18(20,21)15-6-14(22-23-15)16(26)24(1-2-25)10-17-7-11-3-12(8-17)5-13(4-11)9-17/h6,11-13,25H,1-5,7-10H2,(H,22,23). The van der Waals surface area contributed by atoms with Gasteiger partial charge in [0.1, 0.15) is 5.69 Å². The van der Waals surface area contributed by atoms with Gasteiger partial charge in [-0.05, 0) is 61.7 Å². The van der Waals surface area contributed by atoms with Crippen molar-refractivity contribution in [3.05, 3.63) is 17.5 Å². The molecule has 4 fully saturated rings. The minimum absolute atomic E-state index is 0.0583. The Morgan fingerprint density at radius 1 is 1.23 bits per heavy atom. The van der Waals surface area contributed by atoms with E-state index in [-0.39, 0.29) is 24.3 Å². The largest absolute Gasteiger partial charge is 0.432 e. The topological polar surface area (TPSA) is 69.2 Å². The lowest BCUT2D eigenvalue weighted by Crippen LogP contribution is -2.52. The molecule has 4 saturated carbocycles. The molecule has 5 rings (SSSR count). The van der Waals surface area contributed by atoms with Gasteiger partial charge in [-0.25, -0.2) is 0 Å². The van der Waals surface area contributed by atoms with Crippen LogP contribution in [-0.4, -0.2) is 45.8 Å². The van der Waals surface area contributed by atoms with Crippen molar-refractivity contribution in [3.8, 4) is 0 Å². The Labute approximate surface area is 149 Å². The van der Waals surface area contributed by atoms with Crippen molar-refractivity contribution in [2.75, 3.05) is 19.7 Å². The lowest BCUT2D eigenvalue weighted by Gasteiger charge is -2.57. The molecule has 144 valence electrons. The molecule has 5 nitrogen and oxygen atoms in total. The lowest BCUT2D eigenvalue weighted by molar-refractivity contribution is -0.141. The first-order valence-corrected chi connectivity index (χ1v) is 9.31. The quantitative estimate of drug-likeness (QED) is 0.836. The van der Waals surface area contributed by atoms with E-state index < -0.39 is 17.8 Å². The summed E-state index contributed by atoms with van der Waals surface area (Å²) in [5.74, 6) is 1.61. The van der Waals surface area contributed by atoms with Gasteiger partial charge in [-0.3, -0.25) is 9.89 Å². The summed E-state index contributed by atoms with van der Waals surface area (Å²) in [5.41, 5.74) is -1.21. The number of hydrogen-bond acceptors (Lipinski definition) is 3. The summed E-state index contributed by atoms with van der Waals surface area (Å²) in [7, 11) is 0. The maximum atomic E-state index is 12.8. The zero-order valence-electron chi connectivity index (χ0n) is 14.6. The second-order valence-electron chi connectivity index (χ2n) is 8.53. The van der Waals surface area contributed by atoms with E-state index in [1.807, 2.05) is 5.10 Å². The highest BCUT2D eigenvalue weighted by molar-refractivity contribution is 5.92. The first kappa shape index (κ1) is 17.8. The maximum Gasteiger partial charge on any atom is 0.432 e. The molecular formula is C18H24F3N3O2. The van der Waals surface area contributed by atoms with Gasteiger partial charge in [-0.1, -0.05) is 0 Å². The fourth-order valence-corrected chi connectivity index (χ4v) is 6.00. The number of aromatic amines is 1. The number of amides is 1. The normalized spacial score (nSPS) is 32.8. The predicted octanol–water partition coefficient (Wildman–Crippen LogP) is 3.08. The number of nitrogens with one attached hydrogen (secondary N) is 1. The number of hydrogen-bond donors (Lipinski definition) is 2. The van der Waals surface area contributed by atoms with Crippen LogP contribution in [0.4, 0.5) is 13.2 Å². The average molecular weight is 371 g/mol. The van der Waals surface area contributed by atoms with Crippen molar-refractivity contribution in [2.24, 2.45) is 23.2 Å². The molecule has 0 spiro atoms. The third-order valence-corrected chi connectivity index (χ3v) is 6.45. The number of rotatable bonds is 5. The summed E-state index contributed by atoms with van der Waals surface area (Å²) >= 11 is 0. The Hall–Kier alpha value is -1.57. The van der Waals surface area contributed by atoms with E-state index in [1.54, 1.807) is 0 Å². The number of aliphatic hydroxyl groups is 1. The predicted molar refractivity (Wildman–Crippen MR) is 87.2 cm³/mol. The molecule has 26 heavy (non-hydrogen) atoms. The van der Waals surface area contributed by atoms with Crippen molar-refractivity contribution < 1.29 is 23.1 Å². The molecule has 1 aromatic heterocycles. The van der Waals surface area contributed by atoms with Crippen LogP contribution in [0.1, 0.15) is 54.7 Å². The van der Waals surface area contributed by atoms with E-state index in [1.165, 1.54) is 24.2 Å². The van der Waals surface area contributed by atoms with E-state index in [9.17, 15) is 23.1 Å². The Kier molecular flexibility index (Phi) is 4.28. The molecule has 0 atom stereocenters. The zero-order chi connectivity index (χ0) is 18.5. The van der Waals surface area contributed by atoms with Crippen LogP contribution >= 0.6 is 0 Å². The van der Waals surface area contributed by atoms with Crippen LogP contribution in [0.5, 0.6) is 0 Å². The van der Waals surface area contributed by atoms with Crippen LogP contribution in [0, 0.1) is 23.2 Å². The van der Waals surface area contributed by atoms with E-state index >= 15 is 0 Å². The van der Waals surface area contributed by atoms with Crippen LogP contribution < -0.4 is 0 Å². The third kappa shape index (κ3) is 3.23. The number of alkyl halides is 3. The van der Waals surface area contributed by atoms with Crippen LogP contribution in [-0.2, 0) is 6.18 Å². The van der Waals surface area contributed by atoms with Gasteiger partial charge in [0, 0.05) is 19.2 Å². The number of halogens is 3. The van der Waals surface area contributed by atoms with Gasteiger partial charge in [0.05, 0.1) is 6.61 Å². The highest BCUT2D eigenvalue weighted by atomic mass is 19.4. The van der Waals surface area contributed by atoms with Gasteiger partial charge in [0.15, 0.2) is 5.69 Å². The summed E-state index contributed by atoms with van der Waals surface area (Å²) in [6, 6.07) is 0.756. The lowest BCUT2D eigenvalue weighted by atomic mass is 9.49. The van der Waals surface area contributed by atoms with E-state index in [0.717, 1.165) is 43.1 Å². The van der Waals surface area contributed by atoms with Crippen molar-refractivity contribution in [2.45, 2.75) is 44.7 Å². The summed E-state index contributed by atoms with van der Waals surface area (Å²) < 4.78 is 38.3. The molecule has 4 bridgehead atoms. The van der Waals surface area contributed by atoms with Crippen LogP contribution in [0.25, 0.3) is 0 Å². The number of aliphatic hydroxyl groups excluding tert-OH is 1. The fourth-order valence-electron chi connectivity index (χ4n) is 6.00. The van der Waals surface area contributed by atoms with Gasteiger partial charge in [-0.15, -0.1) is 0 Å². The van der Waals surface area contributed by atoms with Crippen LogP contribution in [0.2, 0.25) is 0 Å². The number of carbonyl (C=O) groups excluding carboxylic acids is 1. The first-order valence-electron chi connectivity index (χ1n) is 9.31. The minimum Gasteiger partial charge on any atom is -0.395 e. The van der Waals surface area contributed by atoms with Crippen molar-refractivity contribution in [1.82, 2.24) is 15.1 Å². The molecular weight excluding hydrogens is 347 g/mol. The molecule has 0 aliphatic heterocycles. The SMILES string of the molecule is O=C(c1cc(C(F)(F)F)[nH]n1)N(CCO)CC12CC3CC(CC(C3)C1)C2. The minimum atomic E-state index is -4.56. The highest BCUT2D eigenvalue weighted by Crippen LogP contribution is 2.60. The summed E-state index contributed by atoms with van der Waals surface area (Å²) in [6.07, 6.45) is 2.53. The smallest absolute Gasteiger partial charge is 0.395 e. The number of H-pyrrole nitrogens is 1. The van der Waals surface area contributed by atoms with Crippen molar-refractivity contribution in [3.63, 3.8) is 0 Å². The first-order chi connectivity index (χ1) is 12.3. The van der Waals surface area contributed by atoms with Gasteiger partial charge < -0.3 is 10.0 Å². The number of nitrogens with zero attached hydrogens (tertiary/aromatic N) is 2. The molecule has 2 N–H and O–H groups in total. The summed E-state index contributed by atoms with van der Waals surface area (Å²) in [6.45, 7) is 0.410. The van der Waals surface area contributed by atoms with E-state index in [2.05, 4.69) is 5.10 Å². The maximum absolute atomic E-state index is 12.8. The third-order valence-electron chi connectivity index (χ3n) is 6.45. The molecule has 8 heteroatoms. The number of aromatic nitrogens is 2. The molecule has 1 amide bonds. The highest BCUT2D eigenvalue weighted by Gasteiger charge is 2.51. The fraction of sp³-hybridized carbons (Fsp3) is 0.778. The number of carbonyl (C=O) groups is 1. The molecule has 1 aromatic rings. The van der Waals surface area contributed by atoms with Crippen molar-refractivity contribution >= 4 is 5.91 Å². The van der Waals surface area contributed by atoms with E-state index in [0.29, 0.717) is 6.54 Å². The average Bonchev–Trinajstić information content (AvgIpc) is 3.02. The van der Waals surface area contributed by atoms with E-state index in [4.69, 9.17) is 0 Å². The van der Waals surface area contributed by atoms with Crippen molar-refractivity contribution in [1.29, 1.82) is 0 Å². The second-order valence-corrected chi connectivity index (χ2v) is 8.53. The van der Waals surface area contributed by atoms with Crippen LogP contribution in [0.3, 0.4) is 0 Å². The monoisotopic (exact) mass is 371 g/mol. The Morgan fingerprint density at radius 3 is 2.27 bits per heavy atom. The molecule has 4 aliphatic carbocycles. The Morgan fingerprint density at radius 2 is 1.81 bits per heavy atom. The molecule has 0 saturated heterocycles. The van der Waals surface area contributed by atoms with Crippen LogP contribution in [0.15, 0.2) is 6.07 Å². The molecule has 0 aromatic carbocycles. The molecule has 0 radical (unpaired) electrons. The van der Waals surface area contributed by atoms with Gasteiger partial charge in [0.25, 0.3) is 5.91 Å². The molecule has 4 aliphatic rings. The zero-order valence-corrected chi connectivity index (χ0v) is 14.6. The summed E-state index contributed by atoms with van der Waals surface area (Å²) in [4.78, 5) is 14.3. The molecule has 1 heterocycles. The second kappa shape index (κ2) is 6.25. The van der Waals surface area contributed by atoms with Gasteiger partial charge in [0.2, 0.25) is 0 Å². The Bertz CT molecular complexity index is 650. The van der Waals surface area contributed by atoms with Gasteiger partial charge >= 0.3 is 6.18 Å². The van der Waals surface area contributed by atoms with Gasteiger partial charge in [-0.2, -0.15) is 18.3 Å². The Balaban J connectivity index is 1.52. The molecule has 0 unspecified atom stereocenters.